The summed E-state index contributed by atoms with van der Waals surface area (Å²) in [7, 11) is 0. The molecule has 18 heavy (non-hydrogen) atoms. The molecule has 1 aliphatic heterocycles. The number of aryl methyl sites for hydroxylation is 1. The molecule has 0 radical (unpaired) electrons. The number of nitrogens with zero attached hydrogens (tertiary/aromatic N) is 2. The third-order valence-corrected chi connectivity index (χ3v) is 4.60. The Labute approximate surface area is 115 Å². The first-order valence-electron chi connectivity index (χ1n) is 7.03. The van der Waals surface area contributed by atoms with Crippen LogP contribution in [0.25, 0.3) is 0 Å². The van der Waals surface area contributed by atoms with Crippen molar-refractivity contribution in [1.82, 2.24) is 15.2 Å². The summed E-state index contributed by atoms with van der Waals surface area (Å²) < 4.78 is 0. The summed E-state index contributed by atoms with van der Waals surface area (Å²) in [6, 6.07) is 0.590. The molecule has 2 heterocycles. The van der Waals surface area contributed by atoms with E-state index in [4.69, 9.17) is 0 Å². The number of nitrogens with one attached hydrogen (secondary N) is 1. The van der Waals surface area contributed by atoms with Gasteiger partial charge in [-0.2, -0.15) is 0 Å². The lowest BCUT2D eigenvalue weighted by molar-refractivity contribution is 0.207. The van der Waals surface area contributed by atoms with E-state index in [9.17, 15) is 0 Å². The lowest BCUT2D eigenvalue weighted by Gasteiger charge is -2.32. The summed E-state index contributed by atoms with van der Waals surface area (Å²) in [5.74, 6) is 0.663. The Kier molecular flexibility index (Phi) is 5.15. The predicted molar refractivity (Wildman–Crippen MR) is 78.4 cm³/mol. The van der Waals surface area contributed by atoms with Crippen LogP contribution in [0.1, 0.15) is 43.3 Å². The van der Waals surface area contributed by atoms with Crippen LogP contribution in [0.15, 0.2) is 5.38 Å². The van der Waals surface area contributed by atoms with Crippen LogP contribution in [0.4, 0.5) is 0 Å². The maximum atomic E-state index is 4.65. The lowest BCUT2D eigenvalue weighted by Crippen LogP contribution is -2.40. The van der Waals surface area contributed by atoms with E-state index in [-0.39, 0.29) is 0 Å². The molecular formula is C14H25N3S. The molecule has 1 aliphatic rings. The molecule has 3 nitrogen and oxygen atoms in total. The first-order chi connectivity index (χ1) is 8.65. The summed E-state index contributed by atoms with van der Waals surface area (Å²) in [5.41, 5.74) is 1.17. The highest BCUT2D eigenvalue weighted by atomic mass is 32.1. The second-order valence-corrected chi connectivity index (χ2v) is 6.47. The monoisotopic (exact) mass is 267 g/mol. The van der Waals surface area contributed by atoms with Crippen LogP contribution in [0, 0.1) is 6.92 Å². The smallest absolute Gasteiger partial charge is 0.0971 e. The number of rotatable bonds is 5. The lowest BCUT2D eigenvalue weighted by atomic mass is 9.99. The van der Waals surface area contributed by atoms with Gasteiger partial charge in [-0.15, -0.1) is 11.3 Å². The molecule has 102 valence electrons. The minimum Gasteiger partial charge on any atom is -0.313 e. The quantitative estimate of drug-likeness (QED) is 0.889. The number of thiazole rings is 1. The number of hydrogen-bond acceptors (Lipinski definition) is 4. The average molecular weight is 267 g/mol. The Morgan fingerprint density at radius 3 is 3.06 bits per heavy atom. The highest BCUT2D eigenvalue weighted by molar-refractivity contribution is 7.09. The molecule has 1 atom stereocenters. The van der Waals surface area contributed by atoms with Crippen molar-refractivity contribution in [1.29, 1.82) is 0 Å². The minimum absolute atomic E-state index is 0.590. The van der Waals surface area contributed by atoms with Crippen LogP contribution in [-0.2, 0) is 0 Å². The van der Waals surface area contributed by atoms with Gasteiger partial charge in [-0.3, -0.25) is 0 Å². The van der Waals surface area contributed by atoms with Crippen LogP contribution < -0.4 is 5.32 Å². The van der Waals surface area contributed by atoms with Crippen molar-refractivity contribution in [2.45, 2.75) is 45.6 Å². The van der Waals surface area contributed by atoms with Gasteiger partial charge < -0.3 is 10.2 Å². The van der Waals surface area contributed by atoms with Crippen molar-refractivity contribution >= 4 is 11.3 Å². The van der Waals surface area contributed by atoms with E-state index in [1.54, 1.807) is 0 Å². The Bertz CT molecular complexity index is 362. The summed E-state index contributed by atoms with van der Waals surface area (Å²) in [4.78, 5) is 7.24. The topological polar surface area (TPSA) is 28.2 Å². The summed E-state index contributed by atoms with van der Waals surface area (Å²) in [6.45, 7) is 11.2. The predicted octanol–water partition coefficient (Wildman–Crippen LogP) is 2.63. The average Bonchev–Trinajstić information content (AvgIpc) is 2.76. The van der Waals surface area contributed by atoms with Crippen molar-refractivity contribution < 1.29 is 0 Å². The summed E-state index contributed by atoms with van der Waals surface area (Å²) in [5, 5.41) is 7.01. The zero-order valence-electron chi connectivity index (χ0n) is 11.8. The number of aromatic nitrogens is 1. The van der Waals surface area contributed by atoms with E-state index in [0.29, 0.717) is 12.0 Å². The fourth-order valence-electron chi connectivity index (χ4n) is 2.53. The largest absolute Gasteiger partial charge is 0.313 e. The number of likely N-dealkylation sites (tertiary alicyclic amines) is 1. The van der Waals surface area contributed by atoms with Crippen LogP contribution in [0.5, 0.6) is 0 Å². The van der Waals surface area contributed by atoms with Crippen LogP contribution >= 0.6 is 11.3 Å². The second kappa shape index (κ2) is 6.64. The Hall–Kier alpha value is -0.450. The molecule has 4 heteroatoms. The molecule has 1 unspecified atom stereocenters. The first kappa shape index (κ1) is 14.0. The van der Waals surface area contributed by atoms with Crippen molar-refractivity contribution in [2.24, 2.45) is 0 Å². The zero-order valence-corrected chi connectivity index (χ0v) is 12.6. The standard InChI is InChI=1S/C14H25N3S/c1-11(2)15-6-8-17-7-4-5-13(9-17)14-16-12(3)10-18-14/h10-11,13,15H,4-9H2,1-3H3. The fourth-order valence-corrected chi connectivity index (χ4v) is 3.46. The third-order valence-electron chi connectivity index (χ3n) is 3.47. The first-order valence-corrected chi connectivity index (χ1v) is 7.91. The van der Waals surface area contributed by atoms with Crippen LogP contribution in [0.2, 0.25) is 0 Å². The molecule has 1 fully saturated rings. The molecule has 1 aromatic heterocycles. The van der Waals surface area contributed by atoms with Gasteiger partial charge in [0.2, 0.25) is 0 Å². The van der Waals surface area contributed by atoms with E-state index in [0.717, 1.165) is 6.54 Å². The van der Waals surface area contributed by atoms with Crippen molar-refractivity contribution in [2.75, 3.05) is 26.2 Å². The molecule has 0 spiro atoms. The van der Waals surface area contributed by atoms with Crippen molar-refractivity contribution in [3.63, 3.8) is 0 Å². The van der Waals surface area contributed by atoms with Gasteiger partial charge in [0.05, 0.1) is 5.01 Å². The summed E-state index contributed by atoms with van der Waals surface area (Å²) >= 11 is 1.83. The number of hydrogen-bond donors (Lipinski definition) is 1. The zero-order chi connectivity index (χ0) is 13.0. The maximum absolute atomic E-state index is 4.65. The molecule has 1 saturated heterocycles. The maximum Gasteiger partial charge on any atom is 0.0971 e. The summed E-state index contributed by atoms with van der Waals surface area (Å²) in [6.07, 6.45) is 2.62. The normalized spacial score (nSPS) is 21.7. The van der Waals surface area contributed by atoms with E-state index in [1.165, 1.54) is 43.2 Å². The number of piperidine rings is 1. The molecule has 0 amide bonds. The van der Waals surface area contributed by atoms with Crippen LogP contribution in [0.3, 0.4) is 0 Å². The Balaban J connectivity index is 1.81. The Morgan fingerprint density at radius 1 is 1.56 bits per heavy atom. The SMILES string of the molecule is Cc1csc(C2CCCN(CCNC(C)C)C2)n1. The van der Waals surface area contributed by atoms with Gasteiger partial charge in [-0.1, -0.05) is 13.8 Å². The second-order valence-electron chi connectivity index (χ2n) is 5.58. The van der Waals surface area contributed by atoms with Gasteiger partial charge in [0.25, 0.3) is 0 Å². The van der Waals surface area contributed by atoms with E-state index in [1.807, 2.05) is 11.3 Å². The van der Waals surface area contributed by atoms with E-state index >= 15 is 0 Å². The molecule has 1 N–H and O–H groups in total. The molecule has 0 aliphatic carbocycles. The highest BCUT2D eigenvalue weighted by Gasteiger charge is 2.23. The van der Waals surface area contributed by atoms with Crippen LogP contribution in [-0.4, -0.2) is 42.1 Å². The van der Waals surface area contributed by atoms with Gasteiger partial charge in [0.15, 0.2) is 0 Å². The Morgan fingerprint density at radius 2 is 2.39 bits per heavy atom. The molecule has 2 rings (SSSR count). The van der Waals surface area contributed by atoms with E-state index in [2.05, 4.69) is 41.4 Å². The minimum atomic E-state index is 0.590. The van der Waals surface area contributed by atoms with Gasteiger partial charge in [0, 0.05) is 42.7 Å². The van der Waals surface area contributed by atoms with Crippen molar-refractivity contribution in [3.05, 3.63) is 16.1 Å². The highest BCUT2D eigenvalue weighted by Crippen LogP contribution is 2.28. The molecule has 0 aromatic carbocycles. The van der Waals surface area contributed by atoms with Crippen molar-refractivity contribution in [3.8, 4) is 0 Å². The van der Waals surface area contributed by atoms with Gasteiger partial charge in [0.1, 0.15) is 0 Å². The van der Waals surface area contributed by atoms with Gasteiger partial charge in [-0.25, -0.2) is 4.98 Å². The fraction of sp³-hybridized carbons (Fsp3) is 0.786. The molecule has 0 saturated carbocycles. The van der Waals surface area contributed by atoms with Gasteiger partial charge >= 0.3 is 0 Å². The molecule has 0 bridgehead atoms. The molecule has 1 aromatic rings. The van der Waals surface area contributed by atoms with E-state index < -0.39 is 0 Å². The third kappa shape index (κ3) is 4.04. The van der Waals surface area contributed by atoms with Gasteiger partial charge in [-0.05, 0) is 26.3 Å². The molecular weight excluding hydrogens is 242 g/mol.